The molecule has 34 heavy (non-hydrogen) atoms. The van der Waals surface area contributed by atoms with Crippen LogP contribution in [-0.4, -0.2) is 40.9 Å². The fourth-order valence-corrected chi connectivity index (χ4v) is 6.13. The molecule has 4 heteroatoms. The number of rotatable bonds is 13. The molecule has 4 nitrogen and oxygen atoms in total. The van der Waals surface area contributed by atoms with Gasteiger partial charge in [-0.25, -0.2) is 0 Å². The second kappa shape index (κ2) is 12.6. The average molecular weight is 475 g/mol. The predicted octanol–water partition coefficient (Wildman–Crippen LogP) is 6.71. The van der Waals surface area contributed by atoms with E-state index in [9.17, 15) is 15.0 Å². The smallest absolute Gasteiger partial charge is 0.145 e. The minimum Gasteiger partial charge on any atom is -0.396 e. The van der Waals surface area contributed by atoms with Crippen LogP contribution in [0.2, 0.25) is 0 Å². The molecule has 0 radical (unpaired) electrons. The molecule has 0 aromatic carbocycles. The highest BCUT2D eigenvalue weighted by Gasteiger charge is 2.55. The zero-order valence-corrected chi connectivity index (χ0v) is 22.8. The minimum atomic E-state index is -0.459. The molecular formula is C30H50O4. The van der Waals surface area contributed by atoms with E-state index in [0.29, 0.717) is 18.3 Å². The maximum absolute atomic E-state index is 11.6. The second-order valence-corrected chi connectivity index (χ2v) is 11.7. The molecule has 2 aliphatic rings. The van der Waals surface area contributed by atoms with E-state index in [0.717, 1.165) is 63.2 Å². The molecule has 1 saturated carbocycles. The van der Waals surface area contributed by atoms with Gasteiger partial charge in [0.25, 0.3) is 0 Å². The van der Waals surface area contributed by atoms with Crippen LogP contribution in [0.5, 0.6) is 0 Å². The highest BCUT2D eigenvalue weighted by Crippen LogP contribution is 2.53. The molecule has 0 aromatic rings. The molecule has 2 rings (SSSR count). The summed E-state index contributed by atoms with van der Waals surface area (Å²) in [5.74, 6) is 0.911. The van der Waals surface area contributed by atoms with Gasteiger partial charge in [-0.05, 0) is 115 Å². The lowest BCUT2D eigenvalue weighted by Crippen LogP contribution is -2.39. The van der Waals surface area contributed by atoms with Crippen LogP contribution in [0, 0.1) is 17.3 Å². The summed E-state index contributed by atoms with van der Waals surface area (Å²) in [6.07, 6.45) is 13.4. The van der Waals surface area contributed by atoms with E-state index in [2.05, 4.69) is 53.7 Å². The van der Waals surface area contributed by atoms with Gasteiger partial charge in [-0.2, -0.15) is 0 Å². The minimum absolute atomic E-state index is 0.0702. The first-order valence-electron chi connectivity index (χ1n) is 13.4. The standard InChI is InChI=1S/C30H50O4/c1-21(2)11-8-17-30(7)28(34-30)27(33)19-22(3)12-9-16-29(6)24(5)14-15-25(23(4)20-32)26(29)13-10-18-31/h11-12,20,24,26-28,31,33H,8-10,13-19H2,1-7H3/b22-12+,25-23-/t24-,26-,27?,28?,29-,30?/m1/s1. The molecular weight excluding hydrogens is 424 g/mol. The van der Waals surface area contributed by atoms with E-state index in [4.69, 9.17) is 4.74 Å². The lowest BCUT2D eigenvalue weighted by atomic mass is 9.56. The summed E-state index contributed by atoms with van der Waals surface area (Å²) >= 11 is 0. The van der Waals surface area contributed by atoms with Crippen LogP contribution in [0.4, 0.5) is 0 Å². The van der Waals surface area contributed by atoms with Crippen molar-refractivity contribution in [3.63, 3.8) is 0 Å². The molecule has 0 bridgehead atoms. The quantitative estimate of drug-likeness (QED) is 0.135. The molecule has 1 aliphatic carbocycles. The van der Waals surface area contributed by atoms with E-state index in [1.807, 2.05) is 6.92 Å². The molecule has 194 valence electrons. The van der Waals surface area contributed by atoms with E-state index in [1.165, 1.54) is 16.7 Å². The summed E-state index contributed by atoms with van der Waals surface area (Å²) in [5.41, 5.74) is 4.63. The molecule has 1 aliphatic heterocycles. The van der Waals surface area contributed by atoms with Crippen LogP contribution in [0.25, 0.3) is 0 Å². The summed E-state index contributed by atoms with van der Waals surface area (Å²) in [4.78, 5) is 11.6. The Hall–Kier alpha value is -1.23. The zero-order chi connectivity index (χ0) is 25.5. The van der Waals surface area contributed by atoms with E-state index >= 15 is 0 Å². The van der Waals surface area contributed by atoms with Gasteiger partial charge in [-0.3, -0.25) is 4.79 Å². The topological polar surface area (TPSA) is 70.1 Å². The number of allylic oxidation sites excluding steroid dienone is 5. The van der Waals surface area contributed by atoms with Crippen molar-refractivity contribution in [2.24, 2.45) is 17.3 Å². The van der Waals surface area contributed by atoms with Crippen molar-refractivity contribution in [1.29, 1.82) is 0 Å². The molecule has 0 amide bonds. The Morgan fingerprint density at radius 1 is 1.15 bits per heavy atom. The Morgan fingerprint density at radius 2 is 1.82 bits per heavy atom. The van der Waals surface area contributed by atoms with Gasteiger partial charge in [0.15, 0.2) is 0 Å². The predicted molar refractivity (Wildman–Crippen MR) is 141 cm³/mol. The van der Waals surface area contributed by atoms with Crippen LogP contribution in [0.3, 0.4) is 0 Å². The Bertz CT molecular complexity index is 775. The Labute approximate surface area is 208 Å². The molecule has 1 heterocycles. The third-order valence-electron chi connectivity index (χ3n) is 8.71. The SMILES string of the molecule is CC(C)=CCCC1(C)OC1C(O)C/C(C)=C/CC[C@]1(C)[C@H](C)CC/C(=C(\C)C=O)[C@H]1CCCO. The zero-order valence-electron chi connectivity index (χ0n) is 22.8. The fourth-order valence-electron chi connectivity index (χ4n) is 6.13. The largest absolute Gasteiger partial charge is 0.396 e. The van der Waals surface area contributed by atoms with Crippen molar-refractivity contribution in [2.75, 3.05) is 6.61 Å². The monoisotopic (exact) mass is 474 g/mol. The molecule has 6 atom stereocenters. The van der Waals surface area contributed by atoms with Crippen molar-refractivity contribution in [3.8, 4) is 0 Å². The first kappa shape index (κ1) is 29.0. The van der Waals surface area contributed by atoms with Crippen molar-refractivity contribution in [1.82, 2.24) is 0 Å². The third-order valence-corrected chi connectivity index (χ3v) is 8.71. The molecule has 1 saturated heterocycles. The highest BCUT2D eigenvalue weighted by atomic mass is 16.6. The number of aliphatic hydroxyl groups excluding tert-OH is 2. The maximum atomic E-state index is 11.6. The third kappa shape index (κ3) is 7.38. The van der Waals surface area contributed by atoms with Crippen molar-refractivity contribution >= 4 is 6.29 Å². The Morgan fingerprint density at radius 3 is 2.44 bits per heavy atom. The van der Waals surface area contributed by atoms with Crippen LogP contribution in [0.15, 0.2) is 34.4 Å². The summed E-state index contributed by atoms with van der Waals surface area (Å²) < 4.78 is 5.91. The molecule has 2 N–H and O–H groups in total. The van der Waals surface area contributed by atoms with Gasteiger partial charge in [0.05, 0.1) is 11.7 Å². The number of epoxide rings is 1. The van der Waals surface area contributed by atoms with Gasteiger partial charge in [0.1, 0.15) is 12.4 Å². The lowest BCUT2D eigenvalue weighted by Gasteiger charge is -2.48. The Balaban J connectivity index is 1.98. The number of aldehydes is 1. The highest BCUT2D eigenvalue weighted by molar-refractivity contribution is 5.73. The fraction of sp³-hybridized carbons (Fsp3) is 0.767. The van der Waals surface area contributed by atoms with E-state index < -0.39 is 6.10 Å². The van der Waals surface area contributed by atoms with Crippen molar-refractivity contribution in [3.05, 3.63) is 34.4 Å². The molecule has 2 fully saturated rings. The Kier molecular flexibility index (Phi) is 10.8. The van der Waals surface area contributed by atoms with E-state index in [1.54, 1.807) is 0 Å². The van der Waals surface area contributed by atoms with Gasteiger partial charge in [0, 0.05) is 6.61 Å². The normalized spacial score (nSPS) is 33.9. The van der Waals surface area contributed by atoms with Crippen molar-refractivity contribution < 1.29 is 19.7 Å². The van der Waals surface area contributed by atoms with Crippen molar-refractivity contribution in [2.45, 2.75) is 124 Å². The van der Waals surface area contributed by atoms with Gasteiger partial charge in [-0.15, -0.1) is 0 Å². The summed E-state index contributed by atoms with van der Waals surface area (Å²) in [6.45, 7) is 15.3. The number of aliphatic hydroxyl groups is 2. The molecule has 0 aromatic heterocycles. The first-order chi connectivity index (χ1) is 16.0. The lowest BCUT2D eigenvalue weighted by molar-refractivity contribution is -0.105. The first-order valence-corrected chi connectivity index (χ1v) is 13.4. The van der Waals surface area contributed by atoms with Crippen LogP contribution >= 0.6 is 0 Å². The maximum Gasteiger partial charge on any atom is 0.145 e. The number of carbonyl (C=O) groups excluding carboxylic acids is 1. The van der Waals surface area contributed by atoms with Crippen LogP contribution in [0.1, 0.15) is 106 Å². The average Bonchev–Trinajstić information content (AvgIpc) is 3.45. The van der Waals surface area contributed by atoms with Crippen LogP contribution in [-0.2, 0) is 9.53 Å². The number of ether oxygens (including phenoxy) is 1. The summed E-state index contributed by atoms with van der Waals surface area (Å²) in [7, 11) is 0. The second-order valence-electron chi connectivity index (χ2n) is 11.7. The summed E-state index contributed by atoms with van der Waals surface area (Å²) in [5, 5.41) is 20.2. The van der Waals surface area contributed by atoms with Gasteiger partial charge >= 0.3 is 0 Å². The number of hydrogen-bond acceptors (Lipinski definition) is 4. The molecule has 0 spiro atoms. The molecule has 3 unspecified atom stereocenters. The number of hydrogen-bond donors (Lipinski definition) is 2. The van der Waals surface area contributed by atoms with Gasteiger partial charge in [-0.1, -0.05) is 42.7 Å². The number of carbonyl (C=O) groups is 1. The van der Waals surface area contributed by atoms with Gasteiger partial charge < -0.3 is 14.9 Å². The van der Waals surface area contributed by atoms with Gasteiger partial charge in [0.2, 0.25) is 0 Å². The van der Waals surface area contributed by atoms with E-state index in [-0.39, 0.29) is 23.7 Å². The summed E-state index contributed by atoms with van der Waals surface area (Å²) in [6, 6.07) is 0. The van der Waals surface area contributed by atoms with Crippen LogP contribution < -0.4 is 0 Å².